The van der Waals surface area contributed by atoms with Crippen LogP contribution in [0.1, 0.15) is 26.3 Å². The zero-order chi connectivity index (χ0) is 13.8. The average molecular weight is 251 g/mol. The van der Waals surface area contributed by atoms with Crippen LogP contribution in [0.25, 0.3) is 0 Å². The fourth-order valence-corrected chi connectivity index (χ4v) is 1.76. The van der Waals surface area contributed by atoms with Gasteiger partial charge in [0.2, 0.25) is 0 Å². The van der Waals surface area contributed by atoms with Crippen LogP contribution >= 0.6 is 0 Å². The number of nitrogens with zero attached hydrogens (tertiary/aromatic N) is 2. The highest BCUT2D eigenvalue weighted by Gasteiger charge is 2.27. The standard InChI is InChI=1S/C13H21N3O2/c1-13(2,3)16(12(17)18)9-11(14)8-10-4-6-15-7-5-10/h4-7,11H,8-9,14H2,1-3H3,(H,17,18)/t11-/m1/s1. The molecule has 0 spiro atoms. The Bertz CT molecular complexity index is 387. The Balaban J connectivity index is 2.63. The first-order valence-electron chi connectivity index (χ1n) is 5.95. The summed E-state index contributed by atoms with van der Waals surface area (Å²) in [5.74, 6) is 0. The van der Waals surface area contributed by atoms with Gasteiger partial charge >= 0.3 is 6.09 Å². The number of pyridine rings is 1. The van der Waals surface area contributed by atoms with Crippen LogP contribution in [0.3, 0.4) is 0 Å². The molecule has 0 aliphatic carbocycles. The van der Waals surface area contributed by atoms with Crippen molar-refractivity contribution < 1.29 is 9.90 Å². The van der Waals surface area contributed by atoms with Crippen LogP contribution in [-0.2, 0) is 6.42 Å². The third kappa shape index (κ3) is 4.33. The van der Waals surface area contributed by atoms with E-state index in [2.05, 4.69) is 4.98 Å². The Morgan fingerprint density at radius 2 is 2.00 bits per heavy atom. The molecule has 0 aromatic carbocycles. The molecule has 5 nitrogen and oxygen atoms in total. The number of hydrogen-bond donors (Lipinski definition) is 2. The van der Waals surface area contributed by atoms with Gasteiger partial charge in [-0.2, -0.15) is 0 Å². The van der Waals surface area contributed by atoms with Crippen molar-refractivity contribution >= 4 is 6.09 Å². The van der Waals surface area contributed by atoms with Crippen molar-refractivity contribution in [1.82, 2.24) is 9.88 Å². The second kappa shape index (κ2) is 5.82. The summed E-state index contributed by atoms with van der Waals surface area (Å²) in [6.45, 7) is 5.90. The lowest BCUT2D eigenvalue weighted by Gasteiger charge is -2.35. The molecule has 0 fully saturated rings. The van der Waals surface area contributed by atoms with Gasteiger partial charge in [0.15, 0.2) is 0 Å². The minimum atomic E-state index is -0.937. The molecule has 100 valence electrons. The fourth-order valence-electron chi connectivity index (χ4n) is 1.76. The zero-order valence-corrected chi connectivity index (χ0v) is 11.1. The molecule has 1 aromatic heterocycles. The van der Waals surface area contributed by atoms with Crippen molar-refractivity contribution in [3.8, 4) is 0 Å². The zero-order valence-electron chi connectivity index (χ0n) is 11.1. The van der Waals surface area contributed by atoms with Gasteiger partial charge in [0, 0.05) is 30.5 Å². The first-order chi connectivity index (χ1) is 8.30. The number of carbonyl (C=O) groups is 1. The minimum absolute atomic E-state index is 0.220. The molecule has 0 aliphatic rings. The van der Waals surface area contributed by atoms with Gasteiger partial charge in [0.1, 0.15) is 0 Å². The van der Waals surface area contributed by atoms with Crippen LogP contribution in [0.15, 0.2) is 24.5 Å². The van der Waals surface area contributed by atoms with Crippen molar-refractivity contribution in [3.63, 3.8) is 0 Å². The maximum absolute atomic E-state index is 11.2. The molecule has 18 heavy (non-hydrogen) atoms. The van der Waals surface area contributed by atoms with Crippen LogP contribution in [-0.4, -0.2) is 39.2 Å². The Morgan fingerprint density at radius 1 is 1.44 bits per heavy atom. The molecule has 0 saturated carbocycles. The van der Waals surface area contributed by atoms with E-state index < -0.39 is 11.6 Å². The second-order valence-corrected chi connectivity index (χ2v) is 5.38. The Morgan fingerprint density at radius 3 is 2.44 bits per heavy atom. The lowest BCUT2D eigenvalue weighted by Crippen LogP contribution is -2.50. The van der Waals surface area contributed by atoms with E-state index in [1.807, 2.05) is 32.9 Å². The molecule has 1 aromatic rings. The van der Waals surface area contributed by atoms with E-state index in [1.165, 1.54) is 4.90 Å². The summed E-state index contributed by atoms with van der Waals surface area (Å²) in [4.78, 5) is 16.5. The van der Waals surface area contributed by atoms with E-state index in [0.29, 0.717) is 13.0 Å². The quantitative estimate of drug-likeness (QED) is 0.854. The van der Waals surface area contributed by atoms with Gasteiger partial charge < -0.3 is 15.7 Å². The van der Waals surface area contributed by atoms with Gasteiger partial charge in [-0.3, -0.25) is 4.98 Å². The highest BCUT2D eigenvalue weighted by Crippen LogP contribution is 2.14. The van der Waals surface area contributed by atoms with E-state index >= 15 is 0 Å². The van der Waals surface area contributed by atoms with Crippen LogP contribution in [0.2, 0.25) is 0 Å². The lowest BCUT2D eigenvalue weighted by molar-refractivity contribution is 0.0960. The maximum Gasteiger partial charge on any atom is 0.407 e. The molecule has 1 amide bonds. The van der Waals surface area contributed by atoms with Crippen molar-refractivity contribution in [2.45, 2.75) is 38.8 Å². The number of hydrogen-bond acceptors (Lipinski definition) is 3. The van der Waals surface area contributed by atoms with Crippen molar-refractivity contribution in [2.24, 2.45) is 5.73 Å². The number of rotatable bonds is 4. The third-order valence-electron chi connectivity index (χ3n) is 2.70. The number of carboxylic acid groups (broad SMARTS) is 1. The third-order valence-corrected chi connectivity index (χ3v) is 2.70. The van der Waals surface area contributed by atoms with E-state index in [1.54, 1.807) is 12.4 Å². The molecule has 1 rings (SSSR count). The molecule has 5 heteroatoms. The topological polar surface area (TPSA) is 79.5 Å². The normalized spacial score (nSPS) is 13.1. The first kappa shape index (κ1) is 14.4. The average Bonchev–Trinajstić information content (AvgIpc) is 2.25. The lowest BCUT2D eigenvalue weighted by atomic mass is 10.0. The van der Waals surface area contributed by atoms with E-state index in [4.69, 9.17) is 5.73 Å². The predicted molar refractivity (Wildman–Crippen MR) is 70.4 cm³/mol. The maximum atomic E-state index is 11.2. The fraction of sp³-hybridized carbons (Fsp3) is 0.538. The molecular formula is C13H21N3O2. The highest BCUT2D eigenvalue weighted by molar-refractivity contribution is 5.66. The molecule has 0 bridgehead atoms. The largest absolute Gasteiger partial charge is 0.465 e. The molecule has 0 unspecified atom stereocenters. The predicted octanol–water partition coefficient (Wildman–Crippen LogP) is 1.73. The summed E-state index contributed by atoms with van der Waals surface area (Å²) >= 11 is 0. The second-order valence-electron chi connectivity index (χ2n) is 5.38. The van der Waals surface area contributed by atoms with E-state index in [0.717, 1.165) is 5.56 Å². The van der Waals surface area contributed by atoms with Gasteiger partial charge in [-0.1, -0.05) is 0 Å². The molecule has 1 atom stereocenters. The Labute approximate surface area is 108 Å². The number of aromatic nitrogens is 1. The summed E-state index contributed by atoms with van der Waals surface area (Å²) in [5, 5.41) is 9.18. The first-order valence-corrected chi connectivity index (χ1v) is 5.95. The van der Waals surface area contributed by atoms with Crippen LogP contribution in [0.4, 0.5) is 4.79 Å². The van der Waals surface area contributed by atoms with Crippen LogP contribution < -0.4 is 5.73 Å². The smallest absolute Gasteiger partial charge is 0.407 e. The molecule has 3 N–H and O–H groups in total. The number of amides is 1. The molecular weight excluding hydrogens is 230 g/mol. The van der Waals surface area contributed by atoms with Crippen LogP contribution in [0, 0.1) is 0 Å². The van der Waals surface area contributed by atoms with Gasteiger partial charge in [0.25, 0.3) is 0 Å². The van der Waals surface area contributed by atoms with Crippen molar-refractivity contribution in [3.05, 3.63) is 30.1 Å². The Hall–Kier alpha value is -1.62. The van der Waals surface area contributed by atoms with Gasteiger partial charge in [-0.05, 0) is 44.9 Å². The monoisotopic (exact) mass is 251 g/mol. The minimum Gasteiger partial charge on any atom is -0.465 e. The Kier molecular flexibility index (Phi) is 4.67. The number of nitrogens with two attached hydrogens (primary N) is 1. The van der Waals surface area contributed by atoms with Crippen molar-refractivity contribution in [2.75, 3.05) is 6.54 Å². The summed E-state index contributed by atoms with van der Waals surface area (Å²) in [5.41, 5.74) is 6.64. The summed E-state index contributed by atoms with van der Waals surface area (Å²) in [7, 11) is 0. The van der Waals surface area contributed by atoms with Gasteiger partial charge in [-0.15, -0.1) is 0 Å². The highest BCUT2D eigenvalue weighted by atomic mass is 16.4. The SMILES string of the molecule is CC(C)(C)N(C[C@H](N)Cc1ccncc1)C(=O)O. The van der Waals surface area contributed by atoms with Crippen molar-refractivity contribution in [1.29, 1.82) is 0 Å². The summed E-state index contributed by atoms with van der Waals surface area (Å²) < 4.78 is 0. The van der Waals surface area contributed by atoms with E-state index in [-0.39, 0.29) is 6.04 Å². The van der Waals surface area contributed by atoms with Gasteiger partial charge in [0.05, 0.1) is 0 Å². The van der Waals surface area contributed by atoms with Gasteiger partial charge in [-0.25, -0.2) is 4.79 Å². The summed E-state index contributed by atoms with van der Waals surface area (Å²) in [6.07, 6.45) is 3.12. The molecule has 0 aliphatic heterocycles. The van der Waals surface area contributed by atoms with E-state index in [9.17, 15) is 9.90 Å². The molecule has 0 radical (unpaired) electrons. The molecule has 0 saturated heterocycles. The summed E-state index contributed by atoms with van der Waals surface area (Å²) in [6, 6.07) is 3.56. The van der Waals surface area contributed by atoms with Crippen LogP contribution in [0.5, 0.6) is 0 Å². The molecule has 1 heterocycles.